The van der Waals surface area contributed by atoms with Gasteiger partial charge < -0.3 is 25.7 Å². The van der Waals surface area contributed by atoms with E-state index in [0.29, 0.717) is 102 Å². The number of ketones is 2. The van der Waals surface area contributed by atoms with Crippen molar-refractivity contribution >= 4 is 131 Å². The maximum absolute atomic E-state index is 13.9. The molecule has 0 saturated heterocycles. The molecular weight excluding hydrogens is 1190 g/mol. The fourth-order valence-corrected chi connectivity index (χ4v) is 12.1. The number of benzene rings is 6. The van der Waals surface area contributed by atoms with Crippen LogP contribution in [0.15, 0.2) is 149 Å². The summed E-state index contributed by atoms with van der Waals surface area (Å²) < 4.78 is 53.9. The van der Waals surface area contributed by atoms with Gasteiger partial charge in [-0.2, -0.15) is 0 Å². The third-order valence-electron chi connectivity index (χ3n) is 14.0. The molecule has 6 aromatic carbocycles. The molecule has 6 heterocycles. The maximum Gasteiger partial charge on any atom is 0.259 e. The van der Waals surface area contributed by atoms with Crippen molar-refractivity contribution in [2.75, 3.05) is 28.3 Å². The second-order valence-corrected chi connectivity index (χ2v) is 23.9. The van der Waals surface area contributed by atoms with Crippen LogP contribution < -0.4 is 27.7 Å². The zero-order valence-corrected chi connectivity index (χ0v) is 49.7. The molecule has 1 amide bonds. The highest BCUT2D eigenvalue weighted by Crippen LogP contribution is 2.33. The third kappa shape index (κ3) is 16.1. The first-order chi connectivity index (χ1) is 42.5. The summed E-state index contributed by atoms with van der Waals surface area (Å²) in [6.45, 7) is 1.95. The minimum atomic E-state index is -1.08. The number of nitrogen functional groups attached to an aromatic ring is 1. The number of aliphatic imine (C=N–C) groups is 2. The molecule has 7 N–H and O–H groups in total. The number of para-hydroxylation sites is 4. The van der Waals surface area contributed by atoms with E-state index in [9.17, 15) is 46.3 Å². The lowest BCUT2D eigenvalue weighted by atomic mass is 10.0. The molecule has 0 radical (unpaired) electrons. The second kappa shape index (κ2) is 28.6. The van der Waals surface area contributed by atoms with E-state index in [1.165, 1.54) is 35.3 Å². The Hall–Kier alpha value is -9.07. The highest BCUT2D eigenvalue weighted by molar-refractivity contribution is 7.99. The molecule has 88 heavy (non-hydrogen) atoms. The van der Waals surface area contributed by atoms with Crippen LogP contribution >= 0.6 is 35.3 Å². The maximum atomic E-state index is 13.9. The lowest BCUT2D eigenvalue weighted by molar-refractivity contribution is -0.118. The number of amides is 1. The summed E-state index contributed by atoms with van der Waals surface area (Å²) in [5, 5.41) is 4.41. The average Bonchev–Trinajstić information content (AvgIpc) is 3.22. The molecule has 2 aliphatic rings. The van der Waals surface area contributed by atoms with E-state index in [4.69, 9.17) is 5.73 Å². The van der Waals surface area contributed by atoms with Crippen molar-refractivity contribution < 1.29 is 31.9 Å². The molecular formula is C63H56F4N12O6S3. The van der Waals surface area contributed by atoms with Gasteiger partial charge in [-0.3, -0.25) is 44.1 Å². The minimum absolute atomic E-state index is 0.00163. The Morgan fingerprint density at radius 1 is 0.534 bits per heavy atom. The summed E-state index contributed by atoms with van der Waals surface area (Å²) >= 11 is 3.98. The number of fused-ring (bicyclic) bond motifs is 6. The molecule has 18 nitrogen and oxygen atoms in total. The number of nitrogens with one attached hydrogen (secondary N) is 5. The summed E-state index contributed by atoms with van der Waals surface area (Å²) in [6, 6.07) is 30.0. The lowest BCUT2D eigenvalue weighted by Gasteiger charge is -2.04. The van der Waals surface area contributed by atoms with Crippen LogP contribution in [0.4, 0.5) is 40.6 Å². The number of halogens is 4. The Morgan fingerprint density at radius 2 is 1.11 bits per heavy atom. The molecule has 4 aromatic heterocycles. The number of thioether (sulfide) groups is 3. The van der Waals surface area contributed by atoms with Gasteiger partial charge in [0.2, 0.25) is 11.9 Å². The predicted molar refractivity (Wildman–Crippen MR) is 339 cm³/mol. The molecule has 12 rings (SSSR count). The zero-order chi connectivity index (χ0) is 61.8. The summed E-state index contributed by atoms with van der Waals surface area (Å²) in [5.41, 5.74) is 14.4. The van der Waals surface area contributed by atoms with Crippen molar-refractivity contribution in [1.82, 2.24) is 39.9 Å². The highest BCUT2D eigenvalue weighted by atomic mass is 32.2. The van der Waals surface area contributed by atoms with E-state index in [0.717, 1.165) is 93.7 Å². The van der Waals surface area contributed by atoms with Gasteiger partial charge in [0.15, 0.2) is 32.9 Å². The van der Waals surface area contributed by atoms with Gasteiger partial charge in [0, 0.05) is 91.4 Å². The number of carbonyl (C=O) groups excluding carboxylic acids is 3. The van der Waals surface area contributed by atoms with Crippen molar-refractivity contribution in [3.8, 4) is 0 Å². The SMILES string of the molecule is Cc1cc2c(cc1N)N=C(CC(=O)CCCSc1nc3c(F)cc(F)cc3c(=O)[nH]1)C2.O=C(CCCCSc1nc2ccccc2c(=O)[nH]1)Nc1nc2ccccc2[nH]1.O=C(CCCSc1nc2cc(F)c(F)cc2c(=O)[nH]1)CC1=Nc2ccccc2C1. The molecule has 0 fully saturated rings. The van der Waals surface area contributed by atoms with Crippen molar-refractivity contribution in [2.45, 2.75) is 93.0 Å². The first-order valence-corrected chi connectivity index (χ1v) is 31.0. The fourth-order valence-electron chi connectivity index (χ4n) is 9.65. The van der Waals surface area contributed by atoms with Crippen molar-refractivity contribution in [3.05, 3.63) is 180 Å². The van der Waals surface area contributed by atoms with Gasteiger partial charge in [-0.25, -0.2) is 37.5 Å². The third-order valence-corrected chi connectivity index (χ3v) is 16.9. The molecule has 10 aromatic rings. The zero-order valence-electron chi connectivity index (χ0n) is 47.2. The van der Waals surface area contributed by atoms with E-state index < -0.39 is 34.4 Å². The quantitative estimate of drug-likeness (QED) is 0.0128. The molecule has 2 aliphatic heterocycles. The summed E-state index contributed by atoms with van der Waals surface area (Å²) in [6.07, 6.45) is 5.97. The monoisotopic (exact) mass is 1250 g/mol. The van der Waals surface area contributed by atoms with Crippen LogP contribution in [0.25, 0.3) is 43.7 Å². The molecule has 450 valence electrons. The number of nitrogens with two attached hydrogens (primary N) is 1. The number of hydrogen-bond acceptors (Lipinski definition) is 16. The highest BCUT2D eigenvalue weighted by Gasteiger charge is 2.20. The predicted octanol–water partition coefficient (Wildman–Crippen LogP) is 12.3. The van der Waals surface area contributed by atoms with Crippen LogP contribution in [0.1, 0.15) is 74.5 Å². The van der Waals surface area contributed by atoms with Crippen molar-refractivity contribution in [3.63, 3.8) is 0 Å². The van der Waals surface area contributed by atoms with E-state index >= 15 is 0 Å². The Bertz CT molecular complexity index is 4540. The Labute approximate surface area is 511 Å². The number of rotatable bonds is 21. The van der Waals surface area contributed by atoms with Crippen LogP contribution in [-0.2, 0) is 27.2 Å². The van der Waals surface area contributed by atoms with Crippen LogP contribution in [-0.4, -0.2) is 86.0 Å². The smallest absolute Gasteiger partial charge is 0.259 e. The molecule has 0 spiro atoms. The van der Waals surface area contributed by atoms with Crippen LogP contribution in [0.5, 0.6) is 0 Å². The Morgan fingerprint density at radius 3 is 1.82 bits per heavy atom. The summed E-state index contributed by atoms with van der Waals surface area (Å²) in [4.78, 5) is 110. The minimum Gasteiger partial charge on any atom is -0.398 e. The molecule has 0 unspecified atom stereocenters. The Kier molecular flexibility index (Phi) is 20.2. The number of aryl methyl sites for hydroxylation is 1. The number of hydrogen-bond donors (Lipinski definition) is 6. The topological polar surface area (TPSA) is 280 Å². The number of carbonyl (C=O) groups is 3. The van der Waals surface area contributed by atoms with Crippen LogP contribution in [0.3, 0.4) is 0 Å². The number of Topliss-reactive ketones (excluding diaryl/α,β-unsaturated/α-hetero) is 2. The number of anilines is 2. The first kappa shape index (κ1) is 62.0. The van der Waals surface area contributed by atoms with Crippen LogP contribution in [0.2, 0.25) is 0 Å². The van der Waals surface area contributed by atoms with E-state index in [1.807, 2.05) is 85.8 Å². The van der Waals surface area contributed by atoms with Gasteiger partial charge in [-0.15, -0.1) is 0 Å². The van der Waals surface area contributed by atoms with Crippen molar-refractivity contribution in [1.29, 1.82) is 0 Å². The number of imidazole rings is 1. The van der Waals surface area contributed by atoms with Gasteiger partial charge in [0.05, 0.1) is 49.6 Å². The number of aromatic amines is 4. The summed E-state index contributed by atoms with van der Waals surface area (Å²) in [5.74, 6) is -1.37. The largest absolute Gasteiger partial charge is 0.398 e. The number of H-pyrrole nitrogens is 4. The second-order valence-electron chi connectivity index (χ2n) is 20.7. The molecule has 25 heteroatoms. The Balaban J connectivity index is 0.000000146. The fraction of sp³-hybridized carbons (Fsp3) is 0.238. The standard InChI is InChI=1S/C22H20F2N4O2S.C21H17F2N3O2S.C20H19N5O2S/c1-11-5-12-6-14(26-19(12)10-18(11)25)9-15(29)3-2-4-31-22-27-20-16(21(30)28-22)7-13(23)8-17(20)24;22-16-10-15-19(11-17(16)23)25-21(26-20(15)28)29-7-3-5-14(27)9-13-8-12-4-1-2-6-18(12)24-13;26-17(24-19-21-15-9-3-4-10-16(15)22-19)11-5-6-12-28-20-23-14-8-2-1-7-13(14)18(27)25-20/h5,7-8,10H,2-4,6,9,25H2,1H3,(H,27,28,30);1-2,4,6,10-11H,3,5,7-9H2,(H,25,26,28);1-4,7-10H,5-6,11-12H2,(H,23,25,27)(H2,21,22,24,26). The van der Waals surface area contributed by atoms with Gasteiger partial charge in [-0.05, 0) is 97.8 Å². The molecule has 0 bridgehead atoms. The van der Waals surface area contributed by atoms with E-state index in [1.54, 1.807) is 6.07 Å². The number of unbranched alkanes of at least 4 members (excludes halogenated alkanes) is 1. The number of aromatic nitrogens is 8. The van der Waals surface area contributed by atoms with E-state index in [-0.39, 0.29) is 50.0 Å². The van der Waals surface area contributed by atoms with E-state index in [2.05, 4.69) is 55.2 Å². The van der Waals surface area contributed by atoms with Crippen molar-refractivity contribution in [2.24, 2.45) is 9.98 Å². The van der Waals surface area contributed by atoms with Gasteiger partial charge in [0.25, 0.3) is 16.7 Å². The van der Waals surface area contributed by atoms with Gasteiger partial charge in [-0.1, -0.05) is 83.8 Å². The van der Waals surface area contributed by atoms with Crippen LogP contribution in [0, 0.1) is 30.2 Å². The lowest BCUT2D eigenvalue weighted by Crippen LogP contribution is -2.12. The average molecular weight is 1250 g/mol. The van der Waals surface area contributed by atoms with Gasteiger partial charge >= 0.3 is 0 Å². The summed E-state index contributed by atoms with van der Waals surface area (Å²) in [7, 11) is 0. The molecule has 0 saturated carbocycles. The molecule has 0 atom stereocenters. The van der Waals surface area contributed by atoms with Gasteiger partial charge in [0.1, 0.15) is 22.9 Å². The first-order valence-electron chi connectivity index (χ1n) is 28.0. The number of nitrogens with zero attached hydrogens (tertiary/aromatic N) is 6. The normalized spacial score (nSPS) is 12.3. The molecule has 0 aliphatic carbocycles.